The fraction of sp³-hybridized carbons (Fsp3) is 0.206. The number of aromatic amines is 1. The molecule has 0 spiro atoms. The van der Waals surface area contributed by atoms with Crippen LogP contribution in [-0.2, 0) is 26.5 Å². The zero-order valence-electron chi connectivity index (χ0n) is 26.6. The summed E-state index contributed by atoms with van der Waals surface area (Å²) in [5, 5.41) is 26.4. The third-order valence-corrected chi connectivity index (χ3v) is 9.40. The van der Waals surface area contributed by atoms with Gasteiger partial charge in [0.1, 0.15) is 58.6 Å². The van der Waals surface area contributed by atoms with Crippen molar-refractivity contribution in [1.29, 1.82) is 10.5 Å². The van der Waals surface area contributed by atoms with Crippen LogP contribution >= 0.6 is 34.7 Å². The first-order valence-electron chi connectivity index (χ1n) is 15.1. The summed E-state index contributed by atoms with van der Waals surface area (Å²) in [6.07, 6.45) is 3.30. The van der Waals surface area contributed by atoms with E-state index in [0.29, 0.717) is 38.4 Å². The Kier molecular flexibility index (Phi) is 12.0. The number of nitrogen functional groups attached to an aromatic ring is 1. The van der Waals surface area contributed by atoms with Crippen LogP contribution in [0.2, 0.25) is 5.02 Å². The van der Waals surface area contributed by atoms with E-state index in [-0.39, 0.29) is 36.6 Å². The van der Waals surface area contributed by atoms with Crippen molar-refractivity contribution in [2.45, 2.75) is 36.2 Å². The molecule has 0 radical (unpaired) electrons. The number of thiazole rings is 1. The number of carbonyl (C=O) groups excluding carboxylic acids is 2. The van der Waals surface area contributed by atoms with Crippen LogP contribution in [0, 0.1) is 22.7 Å². The highest BCUT2D eigenvalue weighted by Gasteiger charge is 2.23. The van der Waals surface area contributed by atoms with E-state index in [4.69, 9.17) is 37.5 Å². The van der Waals surface area contributed by atoms with E-state index >= 15 is 0 Å². The molecule has 1 amide bonds. The van der Waals surface area contributed by atoms with Crippen molar-refractivity contribution < 1.29 is 19.1 Å². The number of carbonyl (C=O) groups is 2. The number of nitrogens with zero attached hydrogens (tertiary/aromatic N) is 5. The molecule has 0 saturated heterocycles. The maximum Gasteiger partial charge on any atom is 0.328 e. The Morgan fingerprint density at radius 3 is 2.46 bits per heavy atom. The number of amides is 1. The summed E-state index contributed by atoms with van der Waals surface area (Å²) in [5.41, 5.74) is 15.8. The van der Waals surface area contributed by atoms with E-state index < -0.39 is 24.0 Å². The molecule has 0 fully saturated rings. The molecular formula is C34H30ClN9O4S2. The van der Waals surface area contributed by atoms with Gasteiger partial charge in [-0.1, -0.05) is 47.6 Å². The third kappa shape index (κ3) is 8.96. The summed E-state index contributed by atoms with van der Waals surface area (Å²) < 4.78 is 11.0. The number of esters is 1. The monoisotopic (exact) mass is 727 g/mol. The van der Waals surface area contributed by atoms with Crippen LogP contribution in [-0.4, -0.2) is 57.1 Å². The number of anilines is 1. The fourth-order valence-electron chi connectivity index (χ4n) is 4.68. The number of hydrogen-bond donors (Lipinski definition) is 4. The predicted octanol–water partition coefficient (Wildman–Crippen LogP) is 4.86. The molecule has 5 aromatic rings. The molecule has 3 aromatic heterocycles. The molecule has 0 aliphatic heterocycles. The predicted molar refractivity (Wildman–Crippen MR) is 190 cm³/mol. The van der Waals surface area contributed by atoms with E-state index in [2.05, 4.69) is 32.4 Å². The van der Waals surface area contributed by atoms with Gasteiger partial charge in [0.05, 0.1) is 23.6 Å². The Labute approximate surface area is 300 Å². The third-order valence-electron chi connectivity index (χ3n) is 7.20. The standard InChI is InChI=1S/C34H30ClN9O4S2/c1-19(42-31(45)28(38)12-23-15-40-18-41-23)34(46)48-11-10-47-25-8-4-20(5-9-25)29-26(13-36)30(39)44-33(27(29)14-37)50-17-24-16-49-32(43-24)21-2-6-22(35)7-3-21/h2-9,15-16,18-19,28H,10-12,17,38H2,1H3,(H2,39,44)(H,40,41)(H,42,45). The van der Waals surface area contributed by atoms with Crippen molar-refractivity contribution >= 4 is 52.4 Å². The quantitative estimate of drug-likeness (QED) is 0.0685. The van der Waals surface area contributed by atoms with Gasteiger partial charge in [-0.15, -0.1) is 11.3 Å². The second-order valence-corrected chi connectivity index (χ2v) is 13.0. The van der Waals surface area contributed by atoms with Gasteiger partial charge >= 0.3 is 5.97 Å². The summed E-state index contributed by atoms with van der Waals surface area (Å²) in [4.78, 5) is 40.6. The van der Waals surface area contributed by atoms with Crippen molar-refractivity contribution in [3.63, 3.8) is 0 Å². The van der Waals surface area contributed by atoms with Gasteiger partial charge in [0.2, 0.25) is 5.91 Å². The molecule has 6 N–H and O–H groups in total. The molecular weight excluding hydrogens is 698 g/mol. The summed E-state index contributed by atoms with van der Waals surface area (Å²) in [5.74, 6) is -0.233. The second-order valence-electron chi connectivity index (χ2n) is 10.7. The topological polar surface area (TPSA) is 219 Å². The van der Waals surface area contributed by atoms with Crippen molar-refractivity contribution in [3.8, 4) is 39.6 Å². The van der Waals surface area contributed by atoms with Crippen LogP contribution < -0.4 is 21.5 Å². The summed E-state index contributed by atoms with van der Waals surface area (Å²) in [6, 6.07) is 16.7. The number of H-pyrrole nitrogens is 1. The minimum absolute atomic E-state index is 0.0106. The van der Waals surface area contributed by atoms with Crippen LogP contribution in [0.5, 0.6) is 5.75 Å². The number of benzene rings is 2. The fourth-order valence-corrected chi connectivity index (χ4v) is 6.63. The Morgan fingerprint density at radius 2 is 1.78 bits per heavy atom. The lowest BCUT2D eigenvalue weighted by Crippen LogP contribution is -2.48. The average molecular weight is 728 g/mol. The summed E-state index contributed by atoms with van der Waals surface area (Å²) in [6.45, 7) is 1.47. The minimum atomic E-state index is -0.914. The minimum Gasteiger partial charge on any atom is -0.490 e. The molecule has 50 heavy (non-hydrogen) atoms. The van der Waals surface area contributed by atoms with E-state index in [1.807, 2.05) is 29.6 Å². The first kappa shape index (κ1) is 35.8. The largest absolute Gasteiger partial charge is 0.490 e. The number of halogens is 1. The van der Waals surface area contributed by atoms with Crippen molar-refractivity contribution in [3.05, 3.63) is 94.0 Å². The van der Waals surface area contributed by atoms with Gasteiger partial charge < -0.3 is 31.2 Å². The Morgan fingerprint density at radius 1 is 1.06 bits per heavy atom. The first-order chi connectivity index (χ1) is 24.2. The number of hydrogen-bond acceptors (Lipinski definition) is 13. The number of ether oxygens (including phenoxy) is 2. The molecule has 3 heterocycles. The van der Waals surface area contributed by atoms with Gasteiger partial charge in [0.15, 0.2) is 0 Å². The van der Waals surface area contributed by atoms with Crippen LogP contribution in [0.15, 0.2) is 71.5 Å². The van der Waals surface area contributed by atoms with Gasteiger partial charge in [0.25, 0.3) is 0 Å². The zero-order valence-corrected chi connectivity index (χ0v) is 28.9. The van der Waals surface area contributed by atoms with Crippen LogP contribution in [0.25, 0.3) is 21.7 Å². The molecule has 13 nitrogen and oxygen atoms in total. The molecule has 2 unspecified atom stereocenters. The van der Waals surface area contributed by atoms with Gasteiger partial charge in [-0.25, -0.2) is 19.7 Å². The van der Waals surface area contributed by atoms with Gasteiger partial charge in [-0.05, 0) is 36.8 Å². The Hall–Kier alpha value is -5.45. The van der Waals surface area contributed by atoms with Gasteiger partial charge in [0, 0.05) is 45.6 Å². The summed E-state index contributed by atoms with van der Waals surface area (Å²) >= 11 is 8.81. The van der Waals surface area contributed by atoms with E-state index in [1.165, 1.54) is 36.3 Å². The average Bonchev–Trinajstić information content (AvgIpc) is 3.82. The smallest absolute Gasteiger partial charge is 0.328 e. The van der Waals surface area contributed by atoms with Gasteiger partial charge in [-0.2, -0.15) is 10.5 Å². The van der Waals surface area contributed by atoms with E-state index in [9.17, 15) is 20.1 Å². The highest BCUT2D eigenvalue weighted by Crippen LogP contribution is 2.37. The first-order valence-corrected chi connectivity index (χ1v) is 17.3. The molecule has 5 rings (SSSR count). The number of nitrogens with two attached hydrogens (primary N) is 2. The lowest BCUT2D eigenvalue weighted by Gasteiger charge is -2.16. The van der Waals surface area contributed by atoms with E-state index in [1.54, 1.807) is 30.5 Å². The molecule has 16 heteroatoms. The molecule has 254 valence electrons. The number of imidazole rings is 1. The molecule has 2 atom stereocenters. The van der Waals surface area contributed by atoms with E-state index in [0.717, 1.165) is 16.3 Å². The van der Waals surface area contributed by atoms with Crippen molar-refractivity contribution in [2.75, 3.05) is 18.9 Å². The van der Waals surface area contributed by atoms with Crippen molar-refractivity contribution in [2.24, 2.45) is 5.73 Å². The highest BCUT2D eigenvalue weighted by molar-refractivity contribution is 7.98. The van der Waals surface area contributed by atoms with Crippen LogP contribution in [0.3, 0.4) is 0 Å². The lowest BCUT2D eigenvalue weighted by molar-refractivity contribution is -0.148. The van der Waals surface area contributed by atoms with Crippen LogP contribution in [0.4, 0.5) is 5.82 Å². The Balaban J connectivity index is 1.17. The molecule has 0 aliphatic carbocycles. The van der Waals surface area contributed by atoms with Gasteiger partial charge in [-0.3, -0.25) is 4.79 Å². The molecule has 0 aliphatic rings. The molecule has 0 saturated carbocycles. The maximum atomic E-state index is 12.4. The SMILES string of the molecule is CC(NC(=O)C(N)Cc1cnc[nH]1)C(=O)OCCOc1ccc(-c2c(C#N)c(N)nc(SCc3csc(-c4ccc(Cl)cc4)n3)c2C#N)cc1. The number of pyridine rings is 1. The van der Waals surface area contributed by atoms with Crippen LogP contribution in [0.1, 0.15) is 29.4 Å². The number of rotatable bonds is 14. The number of nitrogens with one attached hydrogen (secondary N) is 2. The maximum absolute atomic E-state index is 12.4. The summed E-state index contributed by atoms with van der Waals surface area (Å²) in [7, 11) is 0. The number of aromatic nitrogens is 4. The Bertz CT molecular complexity index is 2040. The zero-order chi connectivity index (χ0) is 35.6. The van der Waals surface area contributed by atoms with Crippen molar-refractivity contribution in [1.82, 2.24) is 25.3 Å². The second kappa shape index (κ2) is 16.8. The lowest BCUT2D eigenvalue weighted by atomic mass is 9.97. The number of thioether (sulfide) groups is 1. The molecule has 0 bridgehead atoms. The normalized spacial score (nSPS) is 11.9. The number of nitriles is 2. The highest BCUT2D eigenvalue weighted by atomic mass is 35.5. The molecule has 2 aromatic carbocycles.